The minimum Gasteiger partial charge on any atom is -0.464 e. The first kappa shape index (κ1) is 28.7. The lowest BCUT2D eigenvalue weighted by Crippen LogP contribution is -2.46. The Morgan fingerprint density at radius 2 is 1.44 bits per heavy atom. The number of aliphatic hydroxyl groups excluding tert-OH is 1. The van der Waals surface area contributed by atoms with Crippen LogP contribution in [0.25, 0.3) is 11.1 Å². The van der Waals surface area contributed by atoms with E-state index in [-0.39, 0.29) is 22.8 Å². The van der Waals surface area contributed by atoms with Crippen LogP contribution in [0.4, 0.5) is 0 Å². The molecule has 0 heterocycles. The van der Waals surface area contributed by atoms with Gasteiger partial charge in [-0.2, -0.15) is 4.72 Å². The number of esters is 1. The summed E-state index contributed by atoms with van der Waals surface area (Å²) in [4.78, 5) is 25.8. The molecule has 0 radical (unpaired) electrons. The minimum atomic E-state index is -4.30. The van der Waals surface area contributed by atoms with Crippen LogP contribution < -0.4 is 4.72 Å². The van der Waals surface area contributed by atoms with Gasteiger partial charge in [0.2, 0.25) is 10.0 Å². The number of carbonyl (C=O) groups is 2. The second kappa shape index (κ2) is 13.2. The van der Waals surface area contributed by atoms with Gasteiger partial charge in [-0.1, -0.05) is 106 Å². The van der Waals surface area contributed by atoms with Gasteiger partial charge in [0, 0.05) is 11.1 Å². The highest BCUT2D eigenvalue weighted by Crippen LogP contribution is 2.37. The number of carbonyl (C=O) groups excluding carboxylic acids is 2. The van der Waals surface area contributed by atoms with Crippen LogP contribution in [-0.4, -0.2) is 37.9 Å². The van der Waals surface area contributed by atoms with Crippen LogP contribution in [-0.2, 0) is 19.6 Å². The monoisotopic (exact) mass is 549 g/mol. The zero-order chi connectivity index (χ0) is 27.8. The number of unbranched alkanes of at least 4 members (excludes halogenated alkanes) is 6. The van der Waals surface area contributed by atoms with Crippen molar-refractivity contribution in [1.29, 1.82) is 0 Å². The molecule has 2 atom stereocenters. The number of ketones is 1. The molecule has 0 aromatic heterocycles. The Morgan fingerprint density at radius 1 is 0.821 bits per heavy atom. The van der Waals surface area contributed by atoms with Crippen LogP contribution in [0.2, 0.25) is 0 Å². The van der Waals surface area contributed by atoms with Crippen LogP contribution in [0, 0.1) is 0 Å². The topological polar surface area (TPSA) is 110 Å². The molecule has 206 valence electrons. The van der Waals surface area contributed by atoms with Crippen LogP contribution in [0.1, 0.15) is 79.5 Å². The predicted molar refractivity (Wildman–Crippen MR) is 150 cm³/mol. The van der Waals surface area contributed by atoms with E-state index in [1.165, 1.54) is 31.4 Å². The van der Waals surface area contributed by atoms with Crippen molar-refractivity contribution in [1.82, 2.24) is 4.72 Å². The molecule has 39 heavy (non-hydrogen) atoms. The maximum atomic E-state index is 13.4. The maximum Gasteiger partial charge on any atom is 0.327 e. The van der Waals surface area contributed by atoms with Gasteiger partial charge >= 0.3 is 5.97 Å². The SMILES string of the molecule is CCCCCCCCCOC(=O)C(NS(=O)(=O)c1ccc2c(c1)C(=O)c1ccccc1-2)C(O)c1ccccc1. The fourth-order valence-electron chi connectivity index (χ4n) is 4.82. The standard InChI is InChI=1S/C31H35NO6S/c1-2-3-4-5-6-7-13-20-38-31(35)28(29(33)22-14-9-8-10-15-22)32-39(36,37)23-18-19-25-24-16-11-12-17-26(24)30(34)27(25)21-23/h8-12,14-19,21,28-29,32-33H,2-7,13,20H2,1H3. The average molecular weight is 550 g/mol. The Balaban J connectivity index is 1.49. The van der Waals surface area contributed by atoms with Crippen molar-refractivity contribution in [2.45, 2.75) is 68.9 Å². The number of hydrogen-bond donors (Lipinski definition) is 2. The van der Waals surface area contributed by atoms with Crippen molar-refractivity contribution in [3.63, 3.8) is 0 Å². The molecule has 0 bridgehead atoms. The second-order valence-electron chi connectivity index (χ2n) is 9.83. The van der Waals surface area contributed by atoms with E-state index in [2.05, 4.69) is 11.6 Å². The van der Waals surface area contributed by atoms with Gasteiger partial charge in [-0.3, -0.25) is 9.59 Å². The Morgan fingerprint density at radius 3 is 2.15 bits per heavy atom. The zero-order valence-electron chi connectivity index (χ0n) is 22.1. The number of ether oxygens (including phenoxy) is 1. The highest BCUT2D eigenvalue weighted by molar-refractivity contribution is 7.89. The van der Waals surface area contributed by atoms with Gasteiger partial charge in [0.15, 0.2) is 5.78 Å². The van der Waals surface area contributed by atoms with Crippen LogP contribution in [0.5, 0.6) is 0 Å². The fourth-order valence-corrected chi connectivity index (χ4v) is 6.03. The van der Waals surface area contributed by atoms with Gasteiger partial charge in [0.05, 0.1) is 11.5 Å². The lowest BCUT2D eigenvalue weighted by molar-refractivity contribution is -0.148. The summed E-state index contributed by atoms with van der Waals surface area (Å²) in [6, 6.07) is 18.2. The second-order valence-corrected chi connectivity index (χ2v) is 11.5. The van der Waals surface area contributed by atoms with Crippen LogP contribution in [0.3, 0.4) is 0 Å². The molecular formula is C31H35NO6S. The van der Waals surface area contributed by atoms with E-state index in [1.807, 2.05) is 12.1 Å². The number of sulfonamides is 1. The smallest absolute Gasteiger partial charge is 0.327 e. The van der Waals surface area contributed by atoms with E-state index in [4.69, 9.17) is 4.74 Å². The number of fused-ring (bicyclic) bond motifs is 3. The van der Waals surface area contributed by atoms with E-state index in [0.717, 1.165) is 24.8 Å². The molecule has 4 rings (SSSR count). The molecule has 0 spiro atoms. The van der Waals surface area contributed by atoms with Crippen molar-refractivity contribution in [3.05, 3.63) is 89.5 Å². The van der Waals surface area contributed by atoms with Crippen molar-refractivity contribution in [3.8, 4) is 11.1 Å². The molecule has 8 heteroatoms. The van der Waals surface area contributed by atoms with Gasteiger partial charge < -0.3 is 9.84 Å². The van der Waals surface area contributed by atoms with Crippen molar-refractivity contribution < 1.29 is 27.9 Å². The lowest BCUT2D eigenvalue weighted by atomic mass is 10.0. The zero-order valence-corrected chi connectivity index (χ0v) is 23.0. The molecule has 7 nitrogen and oxygen atoms in total. The highest BCUT2D eigenvalue weighted by Gasteiger charge is 2.35. The summed E-state index contributed by atoms with van der Waals surface area (Å²) >= 11 is 0. The molecule has 1 aliphatic carbocycles. The number of rotatable bonds is 14. The number of hydrogen-bond acceptors (Lipinski definition) is 6. The van der Waals surface area contributed by atoms with E-state index in [1.54, 1.807) is 48.5 Å². The van der Waals surface area contributed by atoms with Crippen molar-refractivity contribution in [2.24, 2.45) is 0 Å². The molecule has 2 N–H and O–H groups in total. The summed E-state index contributed by atoms with van der Waals surface area (Å²) in [7, 11) is -4.30. The number of benzene rings is 3. The van der Waals surface area contributed by atoms with Gasteiger partial charge in [0.1, 0.15) is 12.1 Å². The lowest BCUT2D eigenvalue weighted by Gasteiger charge is -2.23. The molecule has 2 unspecified atom stereocenters. The van der Waals surface area contributed by atoms with Gasteiger partial charge in [-0.25, -0.2) is 8.42 Å². The van der Waals surface area contributed by atoms with Gasteiger partial charge in [-0.05, 0) is 35.2 Å². The van der Waals surface area contributed by atoms with Crippen molar-refractivity contribution >= 4 is 21.8 Å². The fraction of sp³-hybridized carbons (Fsp3) is 0.355. The maximum absolute atomic E-state index is 13.4. The molecule has 0 aliphatic heterocycles. The third-order valence-corrected chi connectivity index (χ3v) is 8.43. The molecule has 0 saturated heterocycles. The summed E-state index contributed by atoms with van der Waals surface area (Å²) in [6.07, 6.45) is 5.83. The van der Waals surface area contributed by atoms with Crippen molar-refractivity contribution in [2.75, 3.05) is 6.61 Å². The molecule has 1 aliphatic rings. The van der Waals surface area contributed by atoms with Gasteiger partial charge in [-0.15, -0.1) is 0 Å². The summed E-state index contributed by atoms with van der Waals surface area (Å²) in [5.41, 5.74) is 2.57. The largest absolute Gasteiger partial charge is 0.464 e. The quantitative estimate of drug-likeness (QED) is 0.157. The number of aliphatic hydroxyl groups is 1. The Labute approximate surface area is 230 Å². The van der Waals surface area contributed by atoms with Gasteiger partial charge in [0.25, 0.3) is 0 Å². The highest BCUT2D eigenvalue weighted by atomic mass is 32.2. The minimum absolute atomic E-state index is 0.137. The Kier molecular flexibility index (Phi) is 9.67. The third kappa shape index (κ3) is 6.82. The molecule has 0 amide bonds. The first-order valence-electron chi connectivity index (χ1n) is 13.5. The summed E-state index contributed by atoms with van der Waals surface area (Å²) in [6.45, 7) is 2.30. The normalized spacial score (nSPS) is 13.9. The van der Waals surface area contributed by atoms with E-state index >= 15 is 0 Å². The molecule has 3 aromatic rings. The van der Waals surface area contributed by atoms with Crippen LogP contribution >= 0.6 is 0 Å². The first-order chi connectivity index (χ1) is 18.8. The Hall–Kier alpha value is -3.33. The molecule has 3 aromatic carbocycles. The average Bonchev–Trinajstić information content (AvgIpc) is 3.24. The molecular weight excluding hydrogens is 514 g/mol. The summed E-state index contributed by atoms with van der Waals surface area (Å²) in [5, 5.41) is 11.0. The molecule has 0 fully saturated rings. The first-order valence-corrected chi connectivity index (χ1v) is 15.0. The van der Waals surface area contributed by atoms with Crippen LogP contribution in [0.15, 0.2) is 77.7 Å². The summed E-state index contributed by atoms with van der Waals surface area (Å²) in [5.74, 6) is -1.11. The van der Waals surface area contributed by atoms with E-state index in [0.29, 0.717) is 23.1 Å². The Bertz CT molecular complexity index is 1400. The molecule has 0 saturated carbocycles. The third-order valence-electron chi connectivity index (χ3n) is 6.99. The predicted octanol–water partition coefficient (Wildman–Crippen LogP) is 5.57. The number of nitrogens with one attached hydrogen (secondary N) is 1. The van der Waals surface area contributed by atoms with E-state index in [9.17, 15) is 23.1 Å². The summed E-state index contributed by atoms with van der Waals surface area (Å²) < 4.78 is 34.6. The van der Waals surface area contributed by atoms with E-state index < -0.39 is 28.1 Å².